The summed E-state index contributed by atoms with van der Waals surface area (Å²) in [6, 6.07) is 16.1. The second kappa shape index (κ2) is 8.90. The molecule has 3 aromatic rings. The molecule has 1 heterocycles. The summed E-state index contributed by atoms with van der Waals surface area (Å²) < 4.78 is 0. The lowest BCUT2D eigenvalue weighted by Gasteiger charge is -2.14. The van der Waals surface area contributed by atoms with Crippen molar-refractivity contribution in [1.82, 2.24) is 4.98 Å². The van der Waals surface area contributed by atoms with Crippen LogP contribution in [0.3, 0.4) is 0 Å². The summed E-state index contributed by atoms with van der Waals surface area (Å²) in [6.45, 7) is 6.18. The third-order valence-electron chi connectivity index (χ3n) is 4.66. The number of hydrogen-bond donors (Lipinski definition) is 1. The molecule has 0 radical (unpaired) electrons. The van der Waals surface area contributed by atoms with Gasteiger partial charge in [-0.05, 0) is 48.6 Å². The summed E-state index contributed by atoms with van der Waals surface area (Å²) in [5.74, 6) is 0.121. The molecule has 1 N–H and O–H groups in total. The fraction of sp³-hybridized carbons (Fsp3) is 0.261. The number of para-hydroxylation sites is 1. The van der Waals surface area contributed by atoms with Crippen LogP contribution in [0.4, 0.5) is 5.69 Å². The van der Waals surface area contributed by atoms with Crippen molar-refractivity contribution in [3.63, 3.8) is 0 Å². The van der Waals surface area contributed by atoms with Crippen LogP contribution in [0.25, 0.3) is 10.9 Å². The number of benzene rings is 2. The number of aryl methyl sites for hydroxylation is 3. The number of anilines is 1. The molecule has 5 heteroatoms. The molecule has 28 heavy (non-hydrogen) atoms. The van der Waals surface area contributed by atoms with Crippen molar-refractivity contribution in [2.75, 3.05) is 11.1 Å². The first kappa shape index (κ1) is 19.9. The fourth-order valence-corrected chi connectivity index (χ4v) is 3.93. The molecule has 2 aromatic carbocycles. The summed E-state index contributed by atoms with van der Waals surface area (Å²) in [6.07, 6.45) is 1.72. The Bertz CT molecular complexity index is 1050. The van der Waals surface area contributed by atoms with Crippen molar-refractivity contribution < 1.29 is 4.79 Å². The van der Waals surface area contributed by atoms with Gasteiger partial charge in [-0.25, -0.2) is 4.98 Å². The number of carbonyl (C=O) groups excluding carboxylic acids is 1. The molecule has 0 aliphatic carbocycles. The van der Waals surface area contributed by atoms with Crippen LogP contribution in [0, 0.1) is 18.3 Å². The molecule has 0 saturated heterocycles. The van der Waals surface area contributed by atoms with E-state index in [1.165, 1.54) is 11.8 Å². The smallest absolute Gasteiger partial charge is 0.234 e. The standard InChI is InChI=1S/C23H23N3OS/c1-4-16-7-6-8-17(5-2)22(16)26-21(27)14-28-23-19(13-24)12-18-10-9-15(3)11-20(18)25-23/h6-12H,4-5,14H2,1-3H3,(H,26,27). The van der Waals surface area contributed by atoms with E-state index in [1.54, 1.807) is 0 Å². The molecular formula is C23H23N3OS. The number of hydrogen-bond acceptors (Lipinski definition) is 4. The minimum absolute atomic E-state index is 0.0874. The Kier molecular flexibility index (Phi) is 6.33. The normalized spacial score (nSPS) is 10.6. The number of amides is 1. The third kappa shape index (κ3) is 4.35. The van der Waals surface area contributed by atoms with Gasteiger partial charge < -0.3 is 5.32 Å². The van der Waals surface area contributed by atoms with Gasteiger partial charge in [0.2, 0.25) is 5.91 Å². The summed E-state index contributed by atoms with van der Waals surface area (Å²) >= 11 is 1.30. The zero-order valence-corrected chi connectivity index (χ0v) is 17.2. The maximum Gasteiger partial charge on any atom is 0.234 e. The lowest BCUT2D eigenvalue weighted by atomic mass is 10.0. The van der Waals surface area contributed by atoms with Gasteiger partial charge in [0.15, 0.2) is 0 Å². The van der Waals surface area contributed by atoms with E-state index < -0.39 is 0 Å². The predicted molar refractivity (Wildman–Crippen MR) is 116 cm³/mol. The molecule has 1 amide bonds. The Balaban J connectivity index is 1.79. The van der Waals surface area contributed by atoms with Crippen LogP contribution in [0.15, 0.2) is 47.5 Å². The molecule has 0 unspecified atom stereocenters. The highest BCUT2D eigenvalue weighted by molar-refractivity contribution is 8.00. The topological polar surface area (TPSA) is 65.8 Å². The third-order valence-corrected chi connectivity index (χ3v) is 5.65. The number of nitriles is 1. The largest absolute Gasteiger partial charge is 0.325 e. The summed E-state index contributed by atoms with van der Waals surface area (Å²) in [5.41, 5.74) is 5.63. The SMILES string of the molecule is CCc1cccc(CC)c1NC(=O)CSc1nc2cc(C)ccc2cc1C#N. The van der Waals surface area contributed by atoms with Crippen molar-refractivity contribution in [1.29, 1.82) is 5.26 Å². The van der Waals surface area contributed by atoms with Gasteiger partial charge in [-0.15, -0.1) is 0 Å². The van der Waals surface area contributed by atoms with E-state index in [-0.39, 0.29) is 11.7 Å². The Hall–Kier alpha value is -2.84. The molecule has 0 aliphatic heterocycles. The van der Waals surface area contributed by atoms with Gasteiger partial charge in [-0.1, -0.05) is 55.9 Å². The van der Waals surface area contributed by atoms with Gasteiger partial charge in [0, 0.05) is 11.1 Å². The van der Waals surface area contributed by atoms with Crippen molar-refractivity contribution in [3.05, 3.63) is 64.7 Å². The molecule has 1 aromatic heterocycles. The quantitative estimate of drug-likeness (QED) is 0.583. The number of nitrogens with zero attached hydrogens (tertiary/aromatic N) is 2. The highest BCUT2D eigenvalue weighted by Gasteiger charge is 2.13. The number of rotatable bonds is 6. The zero-order valence-electron chi connectivity index (χ0n) is 16.4. The highest BCUT2D eigenvalue weighted by Crippen LogP contribution is 2.27. The Morgan fingerprint density at radius 1 is 1.14 bits per heavy atom. The Morgan fingerprint density at radius 3 is 2.50 bits per heavy atom. The van der Waals surface area contributed by atoms with Gasteiger partial charge >= 0.3 is 0 Å². The van der Waals surface area contributed by atoms with Gasteiger partial charge in [0.05, 0.1) is 16.8 Å². The van der Waals surface area contributed by atoms with Crippen LogP contribution in [-0.2, 0) is 17.6 Å². The number of pyridine rings is 1. The van der Waals surface area contributed by atoms with Gasteiger partial charge in [0.25, 0.3) is 0 Å². The monoisotopic (exact) mass is 389 g/mol. The second-order valence-corrected chi connectivity index (χ2v) is 7.61. The average Bonchev–Trinajstić information content (AvgIpc) is 2.71. The maximum atomic E-state index is 12.6. The molecule has 0 atom stereocenters. The lowest BCUT2D eigenvalue weighted by Crippen LogP contribution is -2.17. The average molecular weight is 390 g/mol. The summed E-state index contributed by atoms with van der Waals surface area (Å²) in [5, 5.41) is 14.1. The number of carbonyl (C=O) groups is 1. The first-order valence-electron chi connectivity index (χ1n) is 9.40. The Morgan fingerprint density at radius 2 is 1.86 bits per heavy atom. The summed E-state index contributed by atoms with van der Waals surface area (Å²) in [7, 11) is 0. The van der Waals surface area contributed by atoms with Crippen LogP contribution >= 0.6 is 11.8 Å². The highest BCUT2D eigenvalue weighted by atomic mass is 32.2. The molecule has 0 saturated carbocycles. The molecule has 0 aliphatic rings. The second-order valence-electron chi connectivity index (χ2n) is 6.64. The first-order chi connectivity index (χ1) is 13.5. The van der Waals surface area contributed by atoms with E-state index in [2.05, 4.69) is 30.2 Å². The fourth-order valence-electron chi connectivity index (χ4n) is 3.16. The van der Waals surface area contributed by atoms with Crippen molar-refractivity contribution in [3.8, 4) is 6.07 Å². The van der Waals surface area contributed by atoms with Gasteiger partial charge in [-0.2, -0.15) is 5.26 Å². The molecule has 0 bridgehead atoms. The van der Waals surface area contributed by atoms with Crippen LogP contribution in [-0.4, -0.2) is 16.6 Å². The molecule has 3 rings (SSSR count). The molecule has 0 spiro atoms. The molecular weight excluding hydrogens is 366 g/mol. The van der Waals surface area contributed by atoms with Crippen LogP contribution in [0.5, 0.6) is 0 Å². The molecule has 0 fully saturated rings. The van der Waals surface area contributed by atoms with Crippen molar-refractivity contribution >= 4 is 34.3 Å². The van der Waals surface area contributed by atoms with Gasteiger partial charge in [0.1, 0.15) is 11.1 Å². The minimum atomic E-state index is -0.0874. The predicted octanol–water partition coefficient (Wildman–Crippen LogP) is 5.27. The van der Waals surface area contributed by atoms with E-state index in [9.17, 15) is 10.1 Å². The first-order valence-corrected chi connectivity index (χ1v) is 10.4. The van der Waals surface area contributed by atoms with Crippen molar-refractivity contribution in [2.24, 2.45) is 0 Å². The molecule has 142 valence electrons. The van der Waals surface area contributed by atoms with Crippen LogP contribution in [0.2, 0.25) is 0 Å². The van der Waals surface area contributed by atoms with E-state index >= 15 is 0 Å². The van der Waals surface area contributed by atoms with Gasteiger partial charge in [-0.3, -0.25) is 4.79 Å². The Labute approximate surface area is 170 Å². The number of fused-ring (bicyclic) bond motifs is 1. The lowest BCUT2D eigenvalue weighted by molar-refractivity contribution is -0.113. The number of thioether (sulfide) groups is 1. The number of nitrogens with one attached hydrogen (secondary N) is 1. The van der Waals surface area contributed by atoms with E-state index in [4.69, 9.17) is 0 Å². The van der Waals surface area contributed by atoms with Crippen molar-refractivity contribution in [2.45, 2.75) is 38.6 Å². The van der Waals surface area contributed by atoms with E-state index in [0.717, 1.165) is 46.1 Å². The maximum absolute atomic E-state index is 12.6. The molecule has 4 nitrogen and oxygen atoms in total. The van der Waals surface area contributed by atoms with Crippen LogP contribution in [0.1, 0.15) is 36.1 Å². The van der Waals surface area contributed by atoms with Crippen LogP contribution < -0.4 is 5.32 Å². The summed E-state index contributed by atoms with van der Waals surface area (Å²) in [4.78, 5) is 17.2. The minimum Gasteiger partial charge on any atom is -0.325 e. The van der Waals surface area contributed by atoms with E-state index in [1.807, 2.05) is 49.4 Å². The zero-order chi connectivity index (χ0) is 20.1. The van der Waals surface area contributed by atoms with E-state index in [0.29, 0.717) is 10.6 Å². The number of aromatic nitrogens is 1.